The Morgan fingerprint density at radius 1 is 1.24 bits per heavy atom. The molecule has 1 amide bonds. The number of hydrogen-bond acceptors (Lipinski definition) is 8. The number of rotatable bonds is 5. The van der Waals surface area contributed by atoms with Crippen LogP contribution in [-0.2, 0) is 9.59 Å². The minimum Gasteiger partial charge on any atom is -0.384 e. The molecule has 0 bridgehead atoms. The number of anilines is 2. The van der Waals surface area contributed by atoms with Crippen LogP contribution in [0.15, 0.2) is 82.8 Å². The monoisotopic (exact) mass is 533 g/mol. The number of para-hydroxylation sites is 1. The van der Waals surface area contributed by atoms with Crippen LogP contribution < -0.4 is 16.0 Å². The Morgan fingerprint density at radius 3 is 2.68 bits per heavy atom. The number of nitro groups is 1. The van der Waals surface area contributed by atoms with Crippen LogP contribution in [0, 0.1) is 21.3 Å². The summed E-state index contributed by atoms with van der Waals surface area (Å²) in [7, 11) is 0. The highest BCUT2D eigenvalue weighted by Crippen LogP contribution is 2.51. The van der Waals surface area contributed by atoms with Crippen molar-refractivity contribution >= 4 is 39.5 Å². The molecular weight excluding hydrogens is 509 g/mol. The molecule has 3 N–H and O–H groups in total. The molecule has 1 aliphatic carbocycles. The van der Waals surface area contributed by atoms with Gasteiger partial charge in [0.1, 0.15) is 11.6 Å². The van der Waals surface area contributed by atoms with E-state index in [1.807, 2.05) is 13.8 Å². The third-order valence-corrected chi connectivity index (χ3v) is 7.35. The summed E-state index contributed by atoms with van der Waals surface area (Å²) in [5.74, 6) is -2.52. The lowest BCUT2D eigenvalue weighted by Gasteiger charge is -2.44. The van der Waals surface area contributed by atoms with E-state index in [1.165, 1.54) is 58.8 Å². The fraction of sp³-hybridized carbons (Fsp3) is 0.222. The van der Waals surface area contributed by atoms with E-state index in [2.05, 4.69) is 10.3 Å². The van der Waals surface area contributed by atoms with Crippen molar-refractivity contribution in [2.45, 2.75) is 32.6 Å². The van der Waals surface area contributed by atoms with E-state index in [1.54, 1.807) is 17.5 Å². The normalized spacial score (nSPS) is 18.9. The molecule has 0 saturated heterocycles. The summed E-state index contributed by atoms with van der Waals surface area (Å²) in [6, 6.07) is 11.8. The zero-order valence-corrected chi connectivity index (χ0v) is 21.4. The lowest BCUT2D eigenvalue weighted by atomic mass is 9.68. The van der Waals surface area contributed by atoms with Crippen molar-refractivity contribution in [3.05, 3.63) is 104 Å². The highest BCUT2D eigenvalue weighted by Gasteiger charge is 2.46. The van der Waals surface area contributed by atoms with E-state index in [-0.39, 0.29) is 40.5 Å². The number of ketones is 1. The van der Waals surface area contributed by atoms with Gasteiger partial charge >= 0.3 is 0 Å². The SMILES string of the molecule is CC1(C)CC(=O)C2=C(C1)N(c1ccccc1F)C(N)=C(C(=O)Nc1nccs1)[C@@H]2c1cccc([N+](=O)[O-])c1. The summed E-state index contributed by atoms with van der Waals surface area (Å²) in [6.07, 6.45) is 2.08. The van der Waals surface area contributed by atoms with Crippen LogP contribution in [0.4, 0.5) is 20.9 Å². The number of nitrogens with two attached hydrogens (primary N) is 1. The maximum atomic E-state index is 15.2. The van der Waals surface area contributed by atoms with Crippen LogP contribution >= 0.6 is 11.3 Å². The van der Waals surface area contributed by atoms with Gasteiger partial charge in [-0.05, 0) is 29.5 Å². The summed E-state index contributed by atoms with van der Waals surface area (Å²) in [5.41, 5.74) is 7.23. The predicted molar refractivity (Wildman–Crippen MR) is 142 cm³/mol. The van der Waals surface area contributed by atoms with Crippen molar-refractivity contribution in [3.63, 3.8) is 0 Å². The first-order valence-corrected chi connectivity index (χ1v) is 12.7. The molecule has 11 heteroatoms. The number of halogens is 1. The molecule has 1 aliphatic heterocycles. The summed E-state index contributed by atoms with van der Waals surface area (Å²) < 4.78 is 15.2. The first kappa shape index (κ1) is 25.3. The Bertz CT molecular complexity index is 1530. The Hall–Kier alpha value is -4.38. The highest BCUT2D eigenvalue weighted by molar-refractivity contribution is 7.13. The molecule has 194 valence electrons. The molecule has 0 saturated carbocycles. The summed E-state index contributed by atoms with van der Waals surface area (Å²) in [6.45, 7) is 3.86. The zero-order chi connectivity index (χ0) is 27.2. The van der Waals surface area contributed by atoms with Crippen LogP contribution in [0.5, 0.6) is 0 Å². The Balaban J connectivity index is 1.80. The predicted octanol–water partition coefficient (Wildman–Crippen LogP) is 5.25. The number of nitro benzene ring substituents is 1. The second-order valence-corrected chi connectivity index (χ2v) is 10.9. The maximum absolute atomic E-state index is 15.2. The zero-order valence-electron chi connectivity index (χ0n) is 20.6. The van der Waals surface area contributed by atoms with E-state index in [4.69, 9.17) is 5.73 Å². The van der Waals surface area contributed by atoms with Crippen LogP contribution in [0.25, 0.3) is 0 Å². The van der Waals surface area contributed by atoms with Gasteiger partial charge in [0, 0.05) is 47.3 Å². The van der Waals surface area contributed by atoms with Crippen molar-refractivity contribution in [2.75, 3.05) is 10.2 Å². The second kappa shape index (κ2) is 9.49. The molecule has 0 unspecified atom stereocenters. The van der Waals surface area contributed by atoms with Gasteiger partial charge in [-0.1, -0.05) is 38.1 Å². The van der Waals surface area contributed by atoms with Gasteiger partial charge < -0.3 is 5.73 Å². The minimum atomic E-state index is -1.00. The van der Waals surface area contributed by atoms with Crippen LogP contribution in [0.1, 0.15) is 38.2 Å². The van der Waals surface area contributed by atoms with E-state index >= 15 is 4.39 Å². The maximum Gasteiger partial charge on any atom is 0.269 e. The molecule has 1 aromatic heterocycles. The third-order valence-electron chi connectivity index (χ3n) is 6.67. The van der Waals surface area contributed by atoms with Crippen LogP contribution in [0.3, 0.4) is 0 Å². The average molecular weight is 534 g/mol. The lowest BCUT2D eigenvalue weighted by Crippen LogP contribution is -2.44. The number of allylic oxidation sites excluding steroid dienone is 2. The van der Waals surface area contributed by atoms with Gasteiger partial charge in [-0.3, -0.25) is 29.9 Å². The molecule has 0 fully saturated rings. The molecule has 1 atom stereocenters. The van der Waals surface area contributed by atoms with E-state index < -0.39 is 28.0 Å². The minimum absolute atomic E-state index is 0.0178. The van der Waals surface area contributed by atoms with Crippen molar-refractivity contribution in [3.8, 4) is 0 Å². The number of nitrogens with zero attached hydrogens (tertiary/aromatic N) is 3. The number of amides is 1. The van der Waals surface area contributed by atoms with E-state index in [0.29, 0.717) is 22.8 Å². The summed E-state index contributed by atoms with van der Waals surface area (Å²) in [4.78, 5) is 44.1. The molecule has 38 heavy (non-hydrogen) atoms. The first-order valence-electron chi connectivity index (χ1n) is 11.8. The standard InChI is InChI=1S/C27H24FN5O4S/c1-27(2)13-19-22(20(34)14-27)21(15-6-5-7-16(12-15)33(36)37)23(25(35)31-26-30-10-11-38-26)24(29)32(19)18-9-4-3-8-17(18)28/h3-12,21H,13-14,29H2,1-2H3,(H,30,31,35)/t21-/m1/s1. The van der Waals surface area contributed by atoms with Crippen molar-refractivity contribution in [1.82, 2.24) is 4.98 Å². The summed E-state index contributed by atoms with van der Waals surface area (Å²) >= 11 is 1.19. The van der Waals surface area contributed by atoms with Gasteiger partial charge in [-0.25, -0.2) is 9.37 Å². The van der Waals surface area contributed by atoms with Gasteiger partial charge in [0.25, 0.3) is 11.6 Å². The highest BCUT2D eigenvalue weighted by atomic mass is 32.1. The number of aromatic nitrogens is 1. The molecule has 0 radical (unpaired) electrons. The molecule has 9 nitrogen and oxygen atoms in total. The molecule has 2 heterocycles. The number of benzene rings is 2. The number of carbonyl (C=O) groups is 2. The molecule has 3 aromatic rings. The number of non-ortho nitro benzene ring substituents is 1. The Morgan fingerprint density at radius 2 is 2.00 bits per heavy atom. The van der Waals surface area contributed by atoms with Crippen LogP contribution in [-0.4, -0.2) is 21.6 Å². The van der Waals surface area contributed by atoms with E-state index in [0.717, 1.165) is 0 Å². The third kappa shape index (κ3) is 4.45. The molecular formula is C27H24FN5O4S. The Labute approximate surface area is 221 Å². The smallest absolute Gasteiger partial charge is 0.269 e. The number of Topliss-reactive ketones (excluding diaryl/α,β-unsaturated/α-hetero) is 1. The van der Waals surface area contributed by atoms with Crippen molar-refractivity contribution < 1.29 is 18.9 Å². The summed E-state index contributed by atoms with van der Waals surface area (Å²) in [5, 5.41) is 16.3. The second-order valence-electron chi connectivity index (χ2n) is 9.96. The first-order chi connectivity index (χ1) is 18.1. The van der Waals surface area contributed by atoms with Crippen molar-refractivity contribution in [1.29, 1.82) is 0 Å². The van der Waals surface area contributed by atoms with Crippen molar-refractivity contribution in [2.24, 2.45) is 11.1 Å². The van der Waals surface area contributed by atoms with Gasteiger partial charge in [0.2, 0.25) is 0 Å². The van der Waals surface area contributed by atoms with Gasteiger partial charge in [0.05, 0.1) is 16.2 Å². The lowest BCUT2D eigenvalue weighted by molar-refractivity contribution is -0.384. The Kier molecular flexibility index (Phi) is 6.31. The molecule has 2 aliphatic rings. The van der Waals surface area contributed by atoms with Crippen LogP contribution in [0.2, 0.25) is 0 Å². The van der Waals surface area contributed by atoms with Gasteiger partial charge in [-0.15, -0.1) is 11.3 Å². The molecule has 5 rings (SSSR count). The molecule has 2 aromatic carbocycles. The van der Waals surface area contributed by atoms with E-state index in [9.17, 15) is 19.7 Å². The average Bonchev–Trinajstić information content (AvgIpc) is 3.36. The number of thiazole rings is 1. The molecule has 0 spiro atoms. The quantitative estimate of drug-likeness (QED) is 0.338. The fourth-order valence-corrected chi connectivity index (χ4v) is 5.67. The largest absolute Gasteiger partial charge is 0.384 e. The van der Waals surface area contributed by atoms with Gasteiger partial charge in [0.15, 0.2) is 10.9 Å². The number of nitrogens with one attached hydrogen (secondary N) is 1. The number of carbonyl (C=O) groups excluding carboxylic acids is 2. The number of hydrogen-bond donors (Lipinski definition) is 2. The fourth-order valence-electron chi connectivity index (χ4n) is 5.14. The van der Waals surface area contributed by atoms with Gasteiger partial charge in [-0.2, -0.15) is 0 Å². The topological polar surface area (TPSA) is 131 Å².